The number of Topliss-reactive ketones (excluding diaryl/α,β-unsaturated/α-hetero) is 1. The minimum atomic E-state index is -0.262. The Kier molecular flexibility index (Phi) is 8.50. The third-order valence-corrected chi connectivity index (χ3v) is 3.57. The number of unbranched alkanes of at least 4 members (excludes halogenated alkanes) is 2. The van der Waals surface area contributed by atoms with Gasteiger partial charge in [0.1, 0.15) is 0 Å². The minimum Gasteiger partial charge on any atom is -0.385 e. The molecule has 0 atom stereocenters. The first-order valence-electron chi connectivity index (χ1n) is 8.65. The molecule has 0 aromatic heterocycles. The van der Waals surface area contributed by atoms with Crippen LogP contribution in [-0.4, -0.2) is 19.5 Å². The van der Waals surface area contributed by atoms with Gasteiger partial charge in [-0.1, -0.05) is 66.3 Å². The van der Waals surface area contributed by atoms with Gasteiger partial charge in [-0.05, 0) is 42.5 Å². The normalized spacial score (nSPS) is 10.3. The molecule has 0 aliphatic carbocycles. The van der Waals surface area contributed by atoms with Crippen LogP contribution in [0.2, 0.25) is 0 Å². The maximum Gasteiger partial charge on any atom is 0.244 e. The highest BCUT2D eigenvalue weighted by molar-refractivity contribution is 6.14. The second kappa shape index (κ2) is 11.5. The number of ether oxygens (including phenoxy) is 1. The van der Waals surface area contributed by atoms with Gasteiger partial charge in [-0.3, -0.25) is 4.79 Å². The Balaban J connectivity index is 2.15. The molecular weight excluding hydrogens is 320 g/mol. The molecule has 130 valence electrons. The van der Waals surface area contributed by atoms with Gasteiger partial charge in [-0.25, -0.2) is 0 Å². The molecule has 0 aliphatic heterocycles. The van der Waals surface area contributed by atoms with Crippen LogP contribution in [0.15, 0.2) is 66.2 Å². The van der Waals surface area contributed by atoms with Crippen LogP contribution in [0.5, 0.6) is 0 Å². The van der Waals surface area contributed by atoms with E-state index in [-0.39, 0.29) is 5.78 Å². The van der Waals surface area contributed by atoms with Crippen molar-refractivity contribution in [2.45, 2.75) is 19.3 Å². The van der Waals surface area contributed by atoms with E-state index in [0.29, 0.717) is 5.57 Å². The molecule has 0 saturated heterocycles. The highest BCUT2D eigenvalue weighted by atomic mass is 16.5. The number of hydrogen-bond acceptors (Lipinski definition) is 2. The fourth-order valence-corrected chi connectivity index (χ4v) is 2.21. The Morgan fingerprint density at radius 3 is 2.35 bits per heavy atom. The molecule has 2 aromatic carbocycles. The van der Waals surface area contributed by atoms with E-state index in [1.165, 1.54) is 0 Å². The molecule has 0 heterocycles. The molecule has 2 nitrogen and oxygen atoms in total. The van der Waals surface area contributed by atoms with Crippen molar-refractivity contribution >= 4 is 11.9 Å². The van der Waals surface area contributed by atoms with Crippen molar-refractivity contribution in [1.29, 1.82) is 0 Å². The quantitative estimate of drug-likeness (QED) is 0.439. The second-order valence-electron chi connectivity index (χ2n) is 5.67. The van der Waals surface area contributed by atoms with Crippen molar-refractivity contribution in [1.82, 2.24) is 0 Å². The monoisotopic (exact) mass is 342 g/mol. The fourth-order valence-electron chi connectivity index (χ4n) is 2.21. The molecule has 2 rings (SSSR count). The Bertz CT molecular complexity index is 841. The number of allylic oxidation sites excluding steroid dienone is 1. The largest absolute Gasteiger partial charge is 0.385 e. The van der Waals surface area contributed by atoms with E-state index in [0.717, 1.165) is 37.0 Å². The summed E-state index contributed by atoms with van der Waals surface area (Å²) in [6, 6.07) is 19.2. The lowest BCUT2D eigenvalue weighted by Crippen LogP contribution is -1.97. The van der Waals surface area contributed by atoms with Crippen molar-refractivity contribution in [2.24, 2.45) is 0 Å². The summed E-state index contributed by atoms with van der Waals surface area (Å²) in [5.74, 6) is 11.4. The number of methoxy groups -OCH3 is 1. The van der Waals surface area contributed by atoms with Crippen LogP contribution in [0.1, 0.15) is 30.4 Å². The van der Waals surface area contributed by atoms with Crippen LogP contribution in [0.25, 0.3) is 6.08 Å². The van der Waals surface area contributed by atoms with Gasteiger partial charge in [0.05, 0.1) is 5.57 Å². The molecule has 26 heavy (non-hydrogen) atoms. The highest BCUT2D eigenvalue weighted by Gasteiger charge is 2.04. The van der Waals surface area contributed by atoms with E-state index in [4.69, 9.17) is 4.74 Å². The summed E-state index contributed by atoms with van der Waals surface area (Å²) in [6.07, 6.45) is 4.44. The van der Waals surface area contributed by atoms with E-state index < -0.39 is 0 Å². The average Bonchev–Trinajstić information content (AvgIpc) is 2.69. The van der Waals surface area contributed by atoms with Crippen LogP contribution in [-0.2, 0) is 9.53 Å². The van der Waals surface area contributed by atoms with Crippen LogP contribution >= 0.6 is 0 Å². The summed E-state index contributed by atoms with van der Waals surface area (Å²) < 4.78 is 5.03. The summed E-state index contributed by atoms with van der Waals surface area (Å²) in [5.41, 5.74) is 2.17. The number of carbonyl (C=O) groups is 1. The lowest BCUT2D eigenvalue weighted by molar-refractivity contribution is -0.110. The average molecular weight is 342 g/mol. The van der Waals surface area contributed by atoms with Crippen LogP contribution in [0, 0.1) is 23.7 Å². The van der Waals surface area contributed by atoms with Crippen molar-refractivity contribution in [3.63, 3.8) is 0 Å². The highest BCUT2D eigenvalue weighted by Crippen LogP contribution is 2.07. The first kappa shape index (κ1) is 19.3. The lowest BCUT2D eigenvalue weighted by Gasteiger charge is -1.96. The molecule has 2 heteroatoms. The topological polar surface area (TPSA) is 26.3 Å². The summed E-state index contributed by atoms with van der Waals surface area (Å²) >= 11 is 0. The molecule has 2 aromatic rings. The standard InChI is InChI=1S/C24H22O2/c1-26-19-11-3-2-10-16-23(20-22-14-8-5-9-15-22)24(25)18-17-21-12-6-4-7-13-21/h4-9,12-15,20H,2-3,11,19H2,1H3/b23-20+. The van der Waals surface area contributed by atoms with Gasteiger partial charge in [-0.2, -0.15) is 0 Å². The molecular formula is C24H22O2. The predicted octanol–water partition coefficient (Wildman–Crippen LogP) is 4.51. The van der Waals surface area contributed by atoms with Crippen LogP contribution < -0.4 is 0 Å². The van der Waals surface area contributed by atoms with Gasteiger partial charge >= 0.3 is 0 Å². The maximum absolute atomic E-state index is 12.5. The van der Waals surface area contributed by atoms with Gasteiger partial charge in [-0.15, -0.1) is 0 Å². The molecule has 0 N–H and O–H groups in total. The van der Waals surface area contributed by atoms with Crippen molar-refractivity contribution < 1.29 is 9.53 Å². The van der Waals surface area contributed by atoms with Crippen LogP contribution in [0.3, 0.4) is 0 Å². The third kappa shape index (κ3) is 7.22. The molecule has 0 amide bonds. The molecule has 0 radical (unpaired) electrons. The fraction of sp³-hybridized carbons (Fsp3) is 0.208. The number of ketones is 1. The molecule has 0 bridgehead atoms. The van der Waals surface area contributed by atoms with E-state index in [1.807, 2.05) is 60.7 Å². The first-order chi connectivity index (χ1) is 12.8. The predicted molar refractivity (Wildman–Crippen MR) is 106 cm³/mol. The molecule has 0 aliphatic rings. The first-order valence-corrected chi connectivity index (χ1v) is 8.65. The minimum absolute atomic E-state index is 0.262. The molecule has 0 unspecified atom stereocenters. The summed E-state index contributed by atoms with van der Waals surface area (Å²) in [5, 5.41) is 0. The van der Waals surface area contributed by atoms with Gasteiger partial charge in [0.2, 0.25) is 5.78 Å². The van der Waals surface area contributed by atoms with Gasteiger partial charge in [0, 0.05) is 25.7 Å². The van der Waals surface area contributed by atoms with E-state index in [1.54, 1.807) is 13.2 Å². The molecule has 0 spiro atoms. The summed E-state index contributed by atoms with van der Waals surface area (Å²) in [4.78, 5) is 12.5. The number of rotatable bonds is 6. The van der Waals surface area contributed by atoms with E-state index in [9.17, 15) is 4.79 Å². The Morgan fingerprint density at radius 1 is 0.962 bits per heavy atom. The Hall–Kier alpha value is -3.07. The third-order valence-electron chi connectivity index (χ3n) is 3.57. The molecule has 0 fully saturated rings. The maximum atomic E-state index is 12.5. The number of benzene rings is 2. The van der Waals surface area contributed by atoms with Gasteiger partial charge < -0.3 is 4.74 Å². The number of carbonyl (C=O) groups excluding carboxylic acids is 1. The van der Waals surface area contributed by atoms with E-state index >= 15 is 0 Å². The molecule has 0 saturated carbocycles. The van der Waals surface area contributed by atoms with Crippen molar-refractivity contribution in [3.8, 4) is 23.7 Å². The van der Waals surface area contributed by atoms with Crippen molar-refractivity contribution in [2.75, 3.05) is 13.7 Å². The van der Waals surface area contributed by atoms with E-state index in [2.05, 4.69) is 23.7 Å². The van der Waals surface area contributed by atoms with Gasteiger partial charge in [0.25, 0.3) is 0 Å². The smallest absolute Gasteiger partial charge is 0.244 e. The van der Waals surface area contributed by atoms with Crippen LogP contribution in [0.4, 0.5) is 0 Å². The lowest BCUT2D eigenvalue weighted by atomic mass is 10.1. The Labute approximate surface area is 155 Å². The second-order valence-corrected chi connectivity index (χ2v) is 5.67. The number of hydrogen-bond donors (Lipinski definition) is 0. The van der Waals surface area contributed by atoms with Crippen molar-refractivity contribution in [3.05, 3.63) is 77.4 Å². The SMILES string of the molecule is COCCCCC#C/C(=C\c1ccccc1)C(=O)C#Cc1ccccc1. The summed E-state index contributed by atoms with van der Waals surface area (Å²) in [6.45, 7) is 0.732. The zero-order chi connectivity index (χ0) is 18.5. The zero-order valence-electron chi connectivity index (χ0n) is 15.0. The Morgan fingerprint density at radius 2 is 1.65 bits per heavy atom. The van der Waals surface area contributed by atoms with Gasteiger partial charge in [0.15, 0.2) is 0 Å². The zero-order valence-corrected chi connectivity index (χ0v) is 15.0. The summed E-state index contributed by atoms with van der Waals surface area (Å²) in [7, 11) is 1.69.